The van der Waals surface area contributed by atoms with Gasteiger partial charge in [-0.25, -0.2) is 0 Å². The van der Waals surface area contributed by atoms with Gasteiger partial charge >= 0.3 is 17.9 Å². The number of allylic oxidation sites excluding steroid dienone is 22. The van der Waals surface area contributed by atoms with Crippen molar-refractivity contribution in [3.63, 3.8) is 0 Å². The van der Waals surface area contributed by atoms with Gasteiger partial charge in [0.2, 0.25) is 0 Å². The zero-order valence-corrected chi connectivity index (χ0v) is 54.2. The molecule has 0 saturated heterocycles. The summed E-state index contributed by atoms with van der Waals surface area (Å²) >= 11 is 0. The molecule has 0 aromatic heterocycles. The van der Waals surface area contributed by atoms with Gasteiger partial charge in [0.1, 0.15) is 13.2 Å². The highest BCUT2D eigenvalue weighted by atomic mass is 16.6. The number of carbonyl (C=O) groups excluding carboxylic acids is 3. The van der Waals surface area contributed by atoms with Crippen LogP contribution in [0.5, 0.6) is 0 Å². The lowest BCUT2D eigenvalue weighted by Crippen LogP contribution is -2.30. The van der Waals surface area contributed by atoms with E-state index >= 15 is 0 Å². The number of carbonyl (C=O) groups is 3. The SMILES string of the molecule is CC/C=C\C/C=C\C/C=C\C/C=C\C/C=C\CCCCCCCCCC(=O)OCC(COC(=O)CCCCCCCCCCC/C=C\C/C=C\CCCCC)OC(=O)CCCCCCCCCCCC/C=C\C/C=C\C/C=C\C/C=C\CC. The van der Waals surface area contributed by atoms with Crippen LogP contribution < -0.4 is 0 Å². The summed E-state index contributed by atoms with van der Waals surface area (Å²) in [4.78, 5) is 38.5. The van der Waals surface area contributed by atoms with Crippen molar-refractivity contribution in [1.29, 1.82) is 0 Å². The zero-order chi connectivity index (χ0) is 59.9. The molecular weight excluding hydrogens is 1020 g/mol. The molecule has 0 aromatic rings. The van der Waals surface area contributed by atoms with E-state index in [4.69, 9.17) is 14.2 Å². The van der Waals surface area contributed by atoms with Crippen molar-refractivity contribution >= 4 is 17.9 Å². The predicted molar refractivity (Wildman–Crippen MR) is 362 cm³/mol. The van der Waals surface area contributed by atoms with Crippen LogP contribution in [0.25, 0.3) is 0 Å². The van der Waals surface area contributed by atoms with E-state index in [1.165, 1.54) is 148 Å². The molecule has 0 rings (SSSR count). The molecule has 0 N–H and O–H groups in total. The topological polar surface area (TPSA) is 78.9 Å². The first kappa shape index (κ1) is 78.5. The average molecular weight is 1150 g/mol. The molecule has 0 saturated carbocycles. The van der Waals surface area contributed by atoms with E-state index in [2.05, 4.69) is 154 Å². The highest BCUT2D eigenvalue weighted by Gasteiger charge is 2.19. The number of unbranched alkanes of at least 4 members (excludes halogenated alkanes) is 29. The summed E-state index contributed by atoms with van der Waals surface area (Å²) in [5.74, 6) is -0.899. The van der Waals surface area contributed by atoms with Crippen LogP contribution in [0.2, 0.25) is 0 Å². The molecule has 1 unspecified atom stereocenters. The van der Waals surface area contributed by atoms with E-state index in [0.717, 1.165) is 128 Å². The Labute approximate surface area is 513 Å². The third-order valence-electron chi connectivity index (χ3n) is 14.6. The van der Waals surface area contributed by atoms with Gasteiger partial charge in [-0.3, -0.25) is 14.4 Å². The first-order chi connectivity index (χ1) is 41.0. The first-order valence-corrected chi connectivity index (χ1v) is 34.7. The molecule has 0 radical (unpaired) electrons. The van der Waals surface area contributed by atoms with E-state index in [1.807, 2.05) is 0 Å². The van der Waals surface area contributed by atoms with Gasteiger partial charge in [0.25, 0.3) is 0 Å². The van der Waals surface area contributed by atoms with Crippen LogP contribution in [0.3, 0.4) is 0 Å². The summed E-state index contributed by atoms with van der Waals surface area (Å²) in [6.45, 7) is 6.40. The summed E-state index contributed by atoms with van der Waals surface area (Å²) < 4.78 is 17.0. The van der Waals surface area contributed by atoms with Crippen molar-refractivity contribution in [3.05, 3.63) is 134 Å². The Kier molecular flexibility index (Phi) is 66.3. The molecule has 0 heterocycles. The number of hydrogen-bond donors (Lipinski definition) is 0. The van der Waals surface area contributed by atoms with Crippen LogP contribution in [0, 0.1) is 0 Å². The van der Waals surface area contributed by atoms with E-state index in [9.17, 15) is 14.4 Å². The summed E-state index contributed by atoms with van der Waals surface area (Å²) in [6.07, 6.45) is 98.8. The molecule has 472 valence electrons. The van der Waals surface area contributed by atoms with Gasteiger partial charge in [-0.1, -0.05) is 296 Å². The number of ether oxygens (including phenoxy) is 3. The van der Waals surface area contributed by atoms with Crippen LogP contribution >= 0.6 is 0 Å². The second kappa shape index (κ2) is 70.0. The Hall–Kier alpha value is -4.45. The minimum Gasteiger partial charge on any atom is -0.462 e. The molecule has 0 aromatic carbocycles. The van der Waals surface area contributed by atoms with Crippen LogP contribution in [0.1, 0.15) is 316 Å². The van der Waals surface area contributed by atoms with Crippen molar-refractivity contribution < 1.29 is 28.6 Å². The Balaban J connectivity index is 4.43. The molecule has 6 nitrogen and oxygen atoms in total. The van der Waals surface area contributed by atoms with Crippen LogP contribution in [-0.2, 0) is 28.6 Å². The third-order valence-corrected chi connectivity index (χ3v) is 14.6. The number of rotatable bonds is 62. The lowest BCUT2D eigenvalue weighted by molar-refractivity contribution is -0.167. The van der Waals surface area contributed by atoms with Crippen LogP contribution in [0.4, 0.5) is 0 Å². The van der Waals surface area contributed by atoms with Gasteiger partial charge in [0.15, 0.2) is 6.10 Å². The molecular formula is C77H128O6. The summed E-state index contributed by atoms with van der Waals surface area (Å²) in [5, 5.41) is 0. The summed E-state index contributed by atoms with van der Waals surface area (Å²) in [5.41, 5.74) is 0. The maximum absolute atomic E-state index is 13.0. The molecule has 1 atom stereocenters. The quantitative estimate of drug-likeness (QED) is 0.0261. The zero-order valence-electron chi connectivity index (χ0n) is 54.2. The second-order valence-electron chi connectivity index (χ2n) is 22.7. The molecule has 0 bridgehead atoms. The van der Waals surface area contributed by atoms with Crippen molar-refractivity contribution in [1.82, 2.24) is 0 Å². The van der Waals surface area contributed by atoms with Gasteiger partial charge < -0.3 is 14.2 Å². The monoisotopic (exact) mass is 1150 g/mol. The standard InChI is InChI=1S/C77H128O6/c1-4-7-10-13-16-19-22-25-28-31-34-36-38-40-43-46-49-52-55-58-61-64-67-70-76(79)82-73-74(72-81-75(78)69-66-63-60-57-54-51-48-45-42-33-30-27-24-21-18-15-12-9-6-3)83-77(80)71-68-65-62-59-56-53-50-47-44-41-39-37-35-32-29-26-23-20-17-14-11-8-5-2/h7-8,10-11,16-21,25-30,34-37,40,43,74H,4-6,9,12-15,22-24,31-33,38-39,41-42,44-73H2,1-3H3/b10-7-,11-8-,19-16-,20-17-,21-18-,28-25-,29-26-,30-27-,36-34-,37-35-,43-40-. The number of esters is 3. The first-order valence-electron chi connectivity index (χ1n) is 34.7. The molecule has 0 aliphatic carbocycles. The summed E-state index contributed by atoms with van der Waals surface area (Å²) in [7, 11) is 0. The Bertz CT molecular complexity index is 1750. The minimum absolute atomic E-state index is 0.0880. The predicted octanol–water partition coefficient (Wildman–Crippen LogP) is 24.1. The van der Waals surface area contributed by atoms with Crippen LogP contribution in [0.15, 0.2) is 134 Å². The largest absolute Gasteiger partial charge is 0.462 e. The molecule has 0 spiro atoms. The third kappa shape index (κ3) is 68.2. The molecule has 0 aliphatic heterocycles. The van der Waals surface area contributed by atoms with Crippen molar-refractivity contribution in [2.45, 2.75) is 322 Å². The number of hydrogen-bond acceptors (Lipinski definition) is 6. The average Bonchev–Trinajstić information content (AvgIpc) is 3.49. The van der Waals surface area contributed by atoms with Gasteiger partial charge in [-0.15, -0.1) is 0 Å². The van der Waals surface area contributed by atoms with E-state index in [0.29, 0.717) is 19.3 Å². The van der Waals surface area contributed by atoms with Gasteiger partial charge in [0, 0.05) is 19.3 Å². The fourth-order valence-electron chi connectivity index (χ4n) is 9.49. The van der Waals surface area contributed by atoms with E-state index in [1.54, 1.807) is 0 Å². The van der Waals surface area contributed by atoms with Gasteiger partial charge in [0.05, 0.1) is 0 Å². The molecule has 0 aliphatic rings. The minimum atomic E-state index is -0.794. The highest BCUT2D eigenvalue weighted by molar-refractivity contribution is 5.71. The molecule has 0 fully saturated rings. The molecule has 83 heavy (non-hydrogen) atoms. The lowest BCUT2D eigenvalue weighted by atomic mass is 10.0. The Morgan fingerprint density at radius 3 is 0.735 bits per heavy atom. The van der Waals surface area contributed by atoms with Crippen molar-refractivity contribution in [2.75, 3.05) is 13.2 Å². The van der Waals surface area contributed by atoms with Crippen molar-refractivity contribution in [2.24, 2.45) is 0 Å². The van der Waals surface area contributed by atoms with E-state index < -0.39 is 6.10 Å². The van der Waals surface area contributed by atoms with Gasteiger partial charge in [-0.2, -0.15) is 0 Å². The fourth-order valence-corrected chi connectivity index (χ4v) is 9.49. The molecule has 0 amide bonds. The Morgan fingerprint density at radius 2 is 0.470 bits per heavy atom. The highest BCUT2D eigenvalue weighted by Crippen LogP contribution is 2.16. The maximum Gasteiger partial charge on any atom is 0.306 e. The normalized spacial score (nSPS) is 13.0. The van der Waals surface area contributed by atoms with Crippen LogP contribution in [-0.4, -0.2) is 37.2 Å². The molecule has 6 heteroatoms. The summed E-state index contributed by atoms with van der Waals surface area (Å²) in [6, 6.07) is 0. The van der Waals surface area contributed by atoms with E-state index in [-0.39, 0.29) is 31.1 Å². The fraction of sp³-hybridized carbons (Fsp3) is 0.675. The van der Waals surface area contributed by atoms with Crippen molar-refractivity contribution in [3.8, 4) is 0 Å². The lowest BCUT2D eigenvalue weighted by Gasteiger charge is -2.18. The smallest absolute Gasteiger partial charge is 0.306 e. The second-order valence-corrected chi connectivity index (χ2v) is 22.7. The maximum atomic E-state index is 13.0. The Morgan fingerprint density at radius 1 is 0.253 bits per heavy atom. The van der Waals surface area contributed by atoms with Gasteiger partial charge in [-0.05, 0) is 135 Å².